The van der Waals surface area contributed by atoms with E-state index in [4.69, 9.17) is 4.74 Å². The number of para-hydroxylation sites is 1. The largest absolute Gasteiger partial charge is 0.497 e. The van der Waals surface area contributed by atoms with E-state index in [1.807, 2.05) is 28.8 Å². The monoisotopic (exact) mass is 392 g/mol. The highest BCUT2D eigenvalue weighted by Gasteiger charge is 2.14. The first-order chi connectivity index (χ1) is 14.2. The lowest BCUT2D eigenvalue weighted by atomic mass is 10.3. The minimum atomic E-state index is -0.337. The maximum absolute atomic E-state index is 14.1. The van der Waals surface area contributed by atoms with E-state index in [1.165, 1.54) is 6.07 Å². The number of anilines is 4. The molecule has 2 aromatic carbocycles. The van der Waals surface area contributed by atoms with Crippen LogP contribution in [0.3, 0.4) is 0 Å². The van der Waals surface area contributed by atoms with E-state index in [-0.39, 0.29) is 5.82 Å². The van der Waals surface area contributed by atoms with Crippen molar-refractivity contribution in [1.82, 2.24) is 19.5 Å². The van der Waals surface area contributed by atoms with Crippen LogP contribution in [0.4, 0.5) is 27.7 Å². The second-order valence-corrected chi connectivity index (χ2v) is 6.45. The molecule has 4 aromatic rings. The predicted octanol–water partition coefficient (Wildman–Crippen LogP) is 4.87. The highest BCUT2D eigenvalue weighted by molar-refractivity contribution is 5.77. The maximum atomic E-state index is 14.1. The molecular weight excluding hydrogens is 371 g/mol. The summed E-state index contributed by atoms with van der Waals surface area (Å²) < 4.78 is 21.2. The van der Waals surface area contributed by atoms with E-state index >= 15 is 0 Å². The summed E-state index contributed by atoms with van der Waals surface area (Å²) in [6.07, 6.45) is 2.54. The van der Waals surface area contributed by atoms with E-state index in [1.54, 1.807) is 31.5 Å². The zero-order chi connectivity index (χ0) is 20.2. The minimum Gasteiger partial charge on any atom is -0.497 e. The molecule has 8 heteroatoms. The van der Waals surface area contributed by atoms with Gasteiger partial charge in [-0.2, -0.15) is 4.98 Å². The molecule has 0 saturated carbocycles. The van der Waals surface area contributed by atoms with Crippen LogP contribution in [0.15, 0.2) is 54.7 Å². The van der Waals surface area contributed by atoms with Gasteiger partial charge in [-0.05, 0) is 42.8 Å². The number of hydrogen-bond acceptors (Lipinski definition) is 6. The molecule has 0 aliphatic carbocycles. The molecule has 148 valence electrons. The van der Waals surface area contributed by atoms with Gasteiger partial charge in [-0.15, -0.1) is 0 Å². The van der Waals surface area contributed by atoms with Crippen molar-refractivity contribution in [3.8, 4) is 5.75 Å². The van der Waals surface area contributed by atoms with Crippen molar-refractivity contribution < 1.29 is 9.13 Å². The number of imidazole rings is 1. The highest BCUT2D eigenvalue weighted by atomic mass is 19.1. The summed E-state index contributed by atoms with van der Waals surface area (Å²) in [7, 11) is 1.63. The number of methoxy groups -OCH3 is 1. The molecule has 0 saturated heterocycles. The van der Waals surface area contributed by atoms with Crippen molar-refractivity contribution >= 4 is 34.4 Å². The summed E-state index contributed by atoms with van der Waals surface area (Å²) in [5.74, 6) is 1.42. The van der Waals surface area contributed by atoms with Gasteiger partial charge in [0.1, 0.15) is 17.1 Å². The number of hydrogen-bond donors (Lipinski definition) is 2. The SMILES string of the molecule is CCCn1c(Nc2ccccc2F)nc2cnc(Nc3ccc(OC)cc3)nc21. The summed E-state index contributed by atoms with van der Waals surface area (Å²) in [6, 6.07) is 14.0. The van der Waals surface area contributed by atoms with E-state index in [9.17, 15) is 4.39 Å². The Morgan fingerprint density at radius 2 is 1.83 bits per heavy atom. The van der Waals surface area contributed by atoms with Crippen LogP contribution in [0.5, 0.6) is 5.75 Å². The zero-order valence-electron chi connectivity index (χ0n) is 16.2. The van der Waals surface area contributed by atoms with Crippen LogP contribution in [-0.2, 0) is 6.54 Å². The number of halogens is 1. The first-order valence-electron chi connectivity index (χ1n) is 9.34. The Labute approximate surface area is 167 Å². The van der Waals surface area contributed by atoms with Gasteiger partial charge in [-0.25, -0.2) is 14.4 Å². The van der Waals surface area contributed by atoms with Gasteiger partial charge >= 0.3 is 0 Å². The molecular formula is C21H21FN6O. The van der Waals surface area contributed by atoms with Crippen molar-refractivity contribution in [2.75, 3.05) is 17.7 Å². The van der Waals surface area contributed by atoms with Crippen LogP contribution >= 0.6 is 0 Å². The highest BCUT2D eigenvalue weighted by Crippen LogP contribution is 2.25. The third kappa shape index (κ3) is 3.96. The van der Waals surface area contributed by atoms with Crippen molar-refractivity contribution in [3.05, 3.63) is 60.5 Å². The van der Waals surface area contributed by atoms with E-state index in [2.05, 4.69) is 32.5 Å². The van der Waals surface area contributed by atoms with Crippen molar-refractivity contribution in [2.45, 2.75) is 19.9 Å². The molecule has 0 bridgehead atoms. The fourth-order valence-electron chi connectivity index (χ4n) is 3.00. The summed E-state index contributed by atoms with van der Waals surface area (Å²) in [6.45, 7) is 2.75. The molecule has 0 radical (unpaired) electrons. The number of fused-ring (bicyclic) bond motifs is 1. The third-order valence-corrected chi connectivity index (χ3v) is 4.40. The molecule has 29 heavy (non-hydrogen) atoms. The van der Waals surface area contributed by atoms with E-state index in [0.29, 0.717) is 35.3 Å². The number of nitrogens with zero attached hydrogens (tertiary/aromatic N) is 4. The molecule has 0 unspecified atom stereocenters. The van der Waals surface area contributed by atoms with Crippen LogP contribution in [0.2, 0.25) is 0 Å². The molecule has 7 nitrogen and oxygen atoms in total. The fraction of sp³-hybridized carbons (Fsp3) is 0.190. The van der Waals surface area contributed by atoms with Gasteiger partial charge in [-0.1, -0.05) is 19.1 Å². The van der Waals surface area contributed by atoms with Crippen molar-refractivity contribution in [1.29, 1.82) is 0 Å². The van der Waals surface area contributed by atoms with Gasteiger partial charge in [0.05, 0.1) is 19.0 Å². The van der Waals surface area contributed by atoms with Gasteiger partial charge in [0, 0.05) is 12.2 Å². The lowest BCUT2D eigenvalue weighted by Gasteiger charge is -2.10. The Morgan fingerprint density at radius 1 is 1.03 bits per heavy atom. The third-order valence-electron chi connectivity index (χ3n) is 4.40. The molecule has 2 N–H and O–H groups in total. The molecule has 0 aliphatic heterocycles. The normalized spacial score (nSPS) is 10.9. The average molecular weight is 392 g/mol. The molecule has 0 spiro atoms. The standard InChI is InChI=1S/C21H21FN6O/c1-3-12-28-19-18(26-21(28)25-17-7-5-4-6-16(17)22)13-23-20(27-19)24-14-8-10-15(29-2)11-9-14/h4-11,13H,3,12H2,1-2H3,(H,25,26)(H,23,24,27). The van der Waals surface area contributed by atoms with Gasteiger partial charge in [-0.3, -0.25) is 4.57 Å². The molecule has 0 fully saturated rings. The summed E-state index contributed by atoms with van der Waals surface area (Å²) >= 11 is 0. The lowest BCUT2D eigenvalue weighted by molar-refractivity contribution is 0.415. The van der Waals surface area contributed by atoms with Gasteiger partial charge in [0.25, 0.3) is 0 Å². The van der Waals surface area contributed by atoms with Crippen LogP contribution in [0, 0.1) is 5.82 Å². The maximum Gasteiger partial charge on any atom is 0.229 e. The van der Waals surface area contributed by atoms with Gasteiger partial charge < -0.3 is 15.4 Å². The molecule has 0 amide bonds. The molecule has 0 atom stereocenters. The second kappa shape index (κ2) is 8.14. The number of nitrogens with one attached hydrogen (secondary N) is 2. The van der Waals surface area contributed by atoms with E-state index in [0.717, 1.165) is 17.9 Å². The first kappa shape index (κ1) is 18.7. The average Bonchev–Trinajstić information content (AvgIpc) is 3.07. The Balaban J connectivity index is 1.67. The Hall–Kier alpha value is -3.68. The lowest BCUT2D eigenvalue weighted by Crippen LogP contribution is -2.06. The minimum absolute atomic E-state index is 0.337. The number of benzene rings is 2. The van der Waals surface area contributed by atoms with Crippen molar-refractivity contribution in [3.63, 3.8) is 0 Å². The first-order valence-corrected chi connectivity index (χ1v) is 9.34. The summed E-state index contributed by atoms with van der Waals surface area (Å²) in [5.41, 5.74) is 2.52. The van der Waals surface area contributed by atoms with Gasteiger partial charge in [0.2, 0.25) is 11.9 Å². The molecule has 4 rings (SSSR count). The topological polar surface area (TPSA) is 76.9 Å². The number of aromatic nitrogens is 4. The van der Waals surface area contributed by atoms with Crippen LogP contribution in [0.1, 0.15) is 13.3 Å². The van der Waals surface area contributed by atoms with Crippen molar-refractivity contribution in [2.24, 2.45) is 0 Å². The second-order valence-electron chi connectivity index (χ2n) is 6.45. The Morgan fingerprint density at radius 3 is 2.55 bits per heavy atom. The zero-order valence-corrected chi connectivity index (χ0v) is 16.2. The summed E-state index contributed by atoms with van der Waals surface area (Å²) in [4.78, 5) is 13.5. The molecule has 2 aromatic heterocycles. The predicted molar refractivity (Wildman–Crippen MR) is 112 cm³/mol. The van der Waals surface area contributed by atoms with E-state index < -0.39 is 0 Å². The van der Waals surface area contributed by atoms with Crippen LogP contribution in [0.25, 0.3) is 11.2 Å². The number of ether oxygens (including phenoxy) is 1. The summed E-state index contributed by atoms with van der Waals surface area (Å²) in [5, 5.41) is 6.26. The quantitative estimate of drug-likeness (QED) is 0.467. The Bertz CT molecular complexity index is 1130. The molecule has 2 heterocycles. The van der Waals surface area contributed by atoms with Gasteiger partial charge in [0.15, 0.2) is 5.65 Å². The van der Waals surface area contributed by atoms with Crippen LogP contribution in [-0.4, -0.2) is 26.6 Å². The number of aryl methyl sites for hydroxylation is 1. The fourth-order valence-corrected chi connectivity index (χ4v) is 3.00. The Kier molecular flexibility index (Phi) is 5.24. The molecule has 0 aliphatic rings. The smallest absolute Gasteiger partial charge is 0.229 e. The number of rotatable bonds is 7. The van der Waals surface area contributed by atoms with Crippen LogP contribution < -0.4 is 15.4 Å².